The molecule has 8 heteroatoms. The summed E-state index contributed by atoms with van der Waals surface area (Å²) in [6.45, 7) is 0.221. The number of benzene rings is 1. The highest BCUT2D eigenvalue weighted by molar-refractivity contribution is 6.35. The lowest BCUT2D eigenvalue weighted by molar-refractivity contribution is -0.390. The molecule has 0 spiro atoms. The second-order valence-corrected chi connectivity index (χ2v) is 4.51. The zero-order valence-electron chi connectivity index (χ0n) is 9.38. The molecule has 1 aromatic carbocycles. The van der Waals surface area contributed by atoms with Gasteiger partial charge in [0.05, 0.1) is 17.8 Å². The Morgan fingerprint density at radius 1 is 1.47 bits per heavy atom. The van der Waals surface area contributed by atoms with Crippen LogP contribution in [-0.2, 0) is 6.54 Å². The quantitative estimate of drug-likeness (QED) is 0.643. The Hall–Kier alpha value is -2.10. The predicted molar refractivity (Wildman–Crippen MR) is 69.2 cm³/mol. The Bertz CT molecular complexity index is 690. The van der Waals surface area contributed by atoms with Crippen LogP contribution in [0.2, 0.25) is 10.0 Å². The van der Waals surface area contributed by atoms with Gasteiger partial charge < -0.3 is 10.1 Å². The number of rotatable bonds is 3. The molecule has 0 saturated carbocycles. The Morgan fingerprint density at radius 2 is 2.21 bits per heavy atom. The third kappa shape index (κ3) is 2.84. The molecule has 0 aliphatic heterocycles. The van der Waals surface area contributed by atoms with Crippen molar-refractivity contribution in [2.75, 3.05) is 0 Å². The van der Waals surface area contributed by atoms with Gasteiger partial charge in [0.15, 0.2) is 5.56 Å². The maximum absolute atomic E-state index is 10.7. The number of aromatic nitrogens is 2. The minimum Gasteiger partial charge on any atom is -0.358 e. The Balaban J connectivity index is 2.34. The molecule has 0 fully saturated rings. The van der Waals surface area contributed by atoms with Crippen molar-refractivity contribution in [3.05, 3.63) is 55.7 Å². The van der Waals surface area contributed by atoms with Crippen molar-refractivity contribution >= 4 is 29.0 Å². The topological polar surface area (TPSA) is 84.8 Å². The summed E-state index contributed by atoms with van der Waals surface area (Å²) in [6, 6.07) is 6.66. The highest BCUT2D eigenvalue weighted by Crippen LogP contribution is 2.22. The maximum atomic E-state index is 10.7. The van der Waals surface area contributed by atoms with Gasteiger partial charge in [0.25, 0.3) is 0 Å². The summed E-state index contributed by atoms with van der Waals surface area (Å²) in [5.41, 5.74) is 0.614. The number of nitriles is 1. The first kappa shape index (κ1) is 13.3. The van der Waals surface area contributed by atoms with Crippen molar-refractivity contribution in [2.45, 2.75) is 6.54 Å². The van der Waals surface area contributed by atoms with Crippen molar-refractivity contribution < 1.29 is 4.92 Å². The SMILES string of the molecule is N#Cc1cn(Cc2ccc(Cl)cc2Cl)nc1[N+](=O)[O-]. The Kier molecular flexibility index (Phi) is 3.69. The van der Waals surface area contributed by atoms with Crippen LogP contribution in [0.4, 0.5) is 5.82 Å². The summed E-state index contributed by atoms with van der Waals surface area (Å²) in [5.74, 6) is -0.465. The lowest BCUT2D eigenvalue weighted by Crippen LogP contribution is -2.01. The van der Waals surface area contributed by atoms with Crippen LogP contribution in [0.1, 0.15) is 11.1 Å². The van der Waals surface area contributed by atoms with E-state index in [9.17, 15) is 10.1 Å². The molecule has 0 unspecified atom stereocenters. The minimum absolute atomic E-state index is 0.0879. The fourth-order valence-corrected chi connectivity index (χ4v) is 2.00. The summed E-state index contributed by atoms with van der Waals surface area (Å²) >= 11 is 11.8. The van der Waals surface area contributed by atoms with E-state index in [2.05, 4.69) is 5.10 Å². The van der Waals surface area contributed by atoms with E-state index in [1.807, 2.05) is 0 Å². The van der Waals surface area contributed by atoms with Gasteiger partial charge in [-0.25, -0.2) is 0 Å². The van der Waals surface area contributed by atoms with Gasteiger partial charge in [-0.3, -0.25) is 0 Å². The number of hydrogen-bond donors (Lipinski definition) is 0. The van der Waals surface area contributed by atoms with Gasteiger partial charge in [0.2, 0.25) is 0 Å². The van der Waals surface area contributed by atoms with Crippen LogP contribution < -0.4 is 0 Å². The van der Waals surface area contributed by atoms with Crippen molar-refractivity contribution in [1.29, 1.82) is 5.26 Å². The summed E-state index contributed by atoms with van der Waals surface area (Å²) in [6.07, 6.45) is 1.31. The normalized spacial score (nSPS) is 10.2. The van der Waals surface area contributed by atoms with Gasteiger partial charge >= 0.3 is 5.82 Å². The van der Waals surface area contributed by atoms with E-state index < -0.39 is 10.7 Å². The van der Waals surface area contributed by atoms with Gasteiger partial charge in [-0.1, -0.05) is 29.3 Å². The van der Waals surface area contributed by atoms with Gasteiger partial charge in [-0.2, -0.15) is 9.94 Å². The standard InChI is InChI=1S/C11H6Cl2N4O2/c12-9-2-1-7(10(13)3-9)5-16-6-8(4-14)11(15-16)17(18)19/h1-3,6H,5H2. The van der Waals surface area contributed by atoms with E-state index in [0.717, 1.165) is 0 Å². The molecule has 1 aromatic heterocycles. The highest BCUT2D eigenvalue weighted by Gasteiger charge is 2.20. The molecule has 0 N–H and O–H groups in total. The maximum Gasteiger partial charge on any atom is 0.407 e. The molecule has 2 aromatic rings. The zero-order valence-corrected chi connectivity index (χ0v) is 10.9. The van der Waals surface area contributed by atoms with Crippen LogP contribution in [0.25, 0.3) is 0 Å². The number of halogens is 2. The molecular formula is C11H6Cl2N4O2. The molecule has 0 bridgehead atoms. The zero-order chi connectivity index (χ0) is 14.0. The Labute approximate surface area is 117 Å². The molecule has 0 amide bonds. The largest absolute Gasteiger partial charge is 0.407 e. The number of nitro groups is 1. The molecule has 0 atom stereocenters. The molecular weight excluding hydrogens is 291 g/mol. The van der Waals surface area contributed by atoms with Crippen LogP contribution in [0, 0.1) is 21.4 Å². The molecule has 96 valence electrons. The van der Waals surface area contributed by atoms with Gasteiger partial charge in [-0.05, 0) is 22.6 Å². The van der Waals surface area contributed by atoms with E-state index in [1.54, 1.807) is 24.3 Å². The van der Waals surface area contributed by atoms with Crippen LogP contribution in [0.3, 0.4) is 0 Å². The summed E-state index contributed by atoms with van der Waals surface area (Å²) in [7, 11) is 0. The predicted octanol–water partition coefficient (Wildman–Crippen LogP) is 3.02. The van der Waals surface area contributed by atoms with Crippen LogP contribution >= 0.6 is 23.2 Å². The highest BCUT2D eigenvalue weighted by atomic mass is 35.5. The number of hydrogen-bond acceptors (Lipinski definition) is 4. The van der Waals surface area contributed by atoms with Crippen molar-refractivity contribution in [3.63, 3.8) is 0 Å². The molecule has 2 rings (SSSR count). The van der Waals surface area contributed by atoms with Crippen LogP contribution in [0.15, 0.2) is 24.4 Å². The molecule has 0 aliphatic rings. The van der Waals surface area contributed by atoms with Crippen molar-refractivity contribution in [2.24, 2.45) is 0 Å². The molecule has 6 nitrogen and oxygen atoms in total. The monoisotopic (exact) mass is 296 g/mol. The summed E-state index contributed by atoms with van der Waals surface area (Å²) in [4.78, 5) is 10.00. The summed E-state index contributed by atoms with van der Waals surface area (Å²) in [5, 5.41) is 24.2. The van der Waals surface area contributed by atoms with E-state index in [1.165, 1.54) is 10.9 Å². The van der Waals surface area contributed by atoms with E-state index in [4.69, 9.17) is 28.5 Å². The third-order valence-corrected chi connectivity index (χ3v) is 2.97. The Morgan fingerprint density at radius 3 is 2.74 bits per heavy atom. The molecule has 0 saturated heterocycles. The van der Waals surface area contributed by atoms with E-state index in [-0.39, 0.29) is 12.1 Å². The molecule has 19 heavy (non-hydrogen) atoms. The number of nitrogens with zero attached hydrogens (tertiary/aromatic N) is 4. The summed E-state index contributed by atoms with van der Waals surface area (Å²) < 4.78 is 1.30. The average molecular weight is 297 g/mol. The second-order valence-electron chi connectivity index (χ2n) is 3.67. The lowest BCUT2D eigenvalue weighted by Gasteiger charge is -2.02. The third-order valence-electron chi connectivity index (χ3n) is 2.38. The van der Waals surface area contributed by atoms with Crippen molar-refractivity contribution in [1.82, 2.24) is 9.78 Å². The minimum atomic E-state index is -0.696. The lowest BCUT2D eigenvalue weighted by atomic mass is 10.2. The molecule has 1 heterocycles. The average Bonchev–Trinajstić information content (AvgIpc) is 2.76. The van der Waals surface area contributed by atoms with Crippen LogP contribution in [0.5, 0.6) is 0 Å². The van der Waals surface area contributed by atoms with E-state index in [0.29, 0.717) is 15.6 Å². The van der Waals surface area contributed by atoms with Gasteiger partial charge in [0.1, 0.15) is 6.07 Å². The molecule has 0 aliphatic carbocycles. The second kappa shape index (κ2) is 5.26. The molecule has 0 radical (unpaired) electrons. The fourth-order valence-electron chi connectivity index (χ4n) is 1.53. The van der Waals surface area contributed by atoms with Crippen molar-refractivity contribution in [3.8, 4) is 6.07 Å². The fraction of sp³-hybridized carbons (Fsp3) is 0.0909. The smallest absolute Gasteiger partial charge is 0.358 e. The first-order valence-electron chi connectivity index (χ1n) is 5.07. The first-order chi connectivity index (χ1) is 9.01. The van der Waals surface area contributed by atoms with Gasteiger partial charge in [-0.15, -0.1) is 0 Å². The van der Waals surface area contributed by atoms with Gasteiger partial charge in [0, 0.05) is 10.0 Å². The van der Waals surface area contributed by atoms with Crippen LogP contribution in [-0.4, -0.2) is 14.7 Å². The van der Waals surface area contributed by atoms with E-state index >= 15 is 0 Å². The first-order valence-corrected chi connectivity index (χ1v) is 5.82.